The number of benzene rings is 1. The summed E-state index contributed by atoms with van der Waals surface area (Å²) in [5.41, 5.74) is 0.329. The largest absolute Gasteiger partial charge is 0.462 e. The molecule has 0 N–H and O–H groups in total. The first-order valence-corrected chi connectivity index (χ1v) is 7.85. The van der Waals surface area contributed by atoms with Gasteiger partial charge in [-0.2, -0.15) is 0 Å². The number of carbonyl (C=O) groups is 1. The molecular weight excluding hydrogens is 290 g/mol. The number of anilines is 1. The molecule has 0 aliphatic carbocycles. The Hall–Kier alpha value is -1.27. The molecular formula is C12H16ClNO4S. The maximum absolute atomic E-state index is 11.7. The highest BCUT2D eigenvalue weighted by Crippen LogP contribution is 2.21. The molecule has 7 heteroatoms. The molecule has 0 fully saturated rings. The molecule has 5 nitrogen and oxygen atoms in total. The van der Waals surface area contributed by atoms with Crippen molar-refractivity contribution in [1.29, 1.82) is 0 Å². The third kappa shape index (κ3) is 5.08. The predicted molar refractivity (Wildman–Crippen MR) is 74.9 cm³/mol. The Bertz CT molecular complexity index is 557. The van der Waals surface area contributed by atoms with Crippen LogP contribution in [0.1, 0.15) is 13.8 Å². The van der Waals surface area contributed by atoms with Gasteiger partial charge in [-0.25, -0.2) is 8.42 Å². The summed E-state index contributed by atoms with van der Waals surface area (Å²) in [6, 6.07) is 6.28. The fourth-order valence-electron chi connectivity index (χ4n) is 1.45. The molecule has 1 aromatic carbocycles. The van der Waals surface area contributed by atoms with Crippen molar-refractivity contribution in [3.05, 3.63) is 29.3 Å². The van der Waals surface area contributed by atoms with E-state index in [2.05, 4.69) is 0 Å². The molecule has 0 aromatic heterocycles. The lowest BCUT2D eigenvalue weighted by Crippen LogP contribution is -2.36. The van der Waals surface area contributed by atoms with E-state index < -0.39 is 16.0 Å². The third-order valence-corrected chi connectivity index (χ3v) is 3.51. The molecule has 0 saturated heterocycles. The normalized spacial score (nSPS) is 11.4. The summed E-state index contributed by atoms with van der Waals surface area (Å²) in [5.74, 6) is -0.611. The second kappa shape index (κ2) is 6.25. The summed E-state index contributed by atoms with van der Waals surface area (Å²) in [6.45, 7) is 3.02. The van der Waals surface area contributed by atoms with Crippen molar-refractivity contribution >= 4 is 33.3 Å². The van der Waals surface area contributed by atoms with Crippen molar-refractivity contribution < 1.29 is 17.9 Å². The van der Waals surface area contributed by atoms with Gasteiger partial charge in [0.05, 0.1) is 18.0 Å². The number of hydrogen-bond donors (Lipinski definition) is 0. The summed E-state index contributed by atoms with van der Waals surface area (Å²) in [4.78, 5) is 11.6. The topological polar surface area (TPSA) is 63.7 Å². The van der Waals surface area contributed by atoms with Gasteiger partial charge in [-0.3, -0.25) is 9.10 Å². The summed E-state index contributed by atoms with van der Waals surface area (Å²) in [6.07, 6.45) is 0.726. The SMILES string of the molecule is CC(C)OC(=O)CN(c1cccc(Cl)c1)S(C)(=O)=O. The standard InChI is InChI=1S/C12H16ClNO4S/c1-9(2)18-12(15)8-14(19(3,16)17)11-6-4-5-10(13)7-11/h4-7,9H,8H2,1-3H3. The van der Waals surface area contributed by atoms with Crippen molar-refractivity contribution in [3.63, 3.8) is 0 Å². The molecule has 0 bridgehead atoms. The van der Waals surface area contributed by atoms with E-state index in [-0.39, 0.29) is 12.6 Å². The van der Waals surface area contributed by atoms with Crippen LogP contribution < -0.4 is 4.31 Å². The molecule has 0 heterocycles. The first kappa shape index (κ1) is 15.8. The molecule has 106 valence electrons. The highest BCUT2D eigenvalue weighted by Gasteiger charge is 2.22. The van der Waals surface area contributed by atoms with Gasteiger partial charge in [0.25, 0.3) is 0 Å². The number of ether oxygens (including phenoxy) is 1. The van der Waals surface area contributed by atoms with Crippen LogP contribution in [0.3, 0.4) is 0 Å². The quantitative estimate of drug-likeness (QED) is 0.781. The van der Waals surface area contributed by atoms with Crippen molar-refractivity contribution in [2.24, 2.45) is 0 Å². The number of nitrogens with zero attached hydrogens (tertiary/aromatic N) is 1. The zero-order valence-corrected chi connectivity index (χ0v) is 12.5. The molecule has 0 atom stereocenters. The summed E-state index contributed by atoms with van der Waals surface area (Å²) in [5, 5.41) is 0.392. The van der Waals surface area contributed by atoms with E-state index in [1.807, 2.05) is 0 Å². The maximum atomic E-state index is 11.7. The Morgan fingerprint density at radius 3 is 2.53 bits per heavy atom. The Morgan fingerprint density at radius 2 is 2.05 bits per heavy atom. The van der Waals surface area contributed by atoms with Gasteiger partial charge in [-0.1, -0.05) is 17.7 Å². The minimum Gasteiger partial charge on any atom is -0.462 e. The van der Waals surface area contributed by atoms with Crippen LogP contribution >= 0.6 is 11.6 Å². The van der Waals surface area contributed by atoms with Gasteiger partial charge in [-0.15, -0.1) is 0 Å². The number of halogens is 1. The van der Waals surface area contributed by atoms with Gasteiger partial charge in [0.1, 0.15) is 6.54 Å². The minimum atomic E-state index is -3.59. The van der Waals surface area contributed by atoms with Gasteiger partial charge in [0, 0.05) is 5.02 Å². The van der Waals surface area contributed by atoms with E-state index in [1.54, 1.807) is 32.0 Å². The van der Waals surface area contributed by atoms with E-state index in [9.17, 15) is 13.2 Å². The summed E-state index contributed by atoms with van der Waals surface area (Å²) >= 11 is 5.82. The van der Waals surface area contributed by atoms with E-state index in [1.165, 1.54) is 6.07 Å². The van der Waals surface area contributed by atoms with Gasteiger partial charge in [0.15, 0.2) is 0 Å². The molecule has 0 unspecified atom stereocenters. The first-order valence-electron chi connectivity index (χ1n) is 5.63. The lowest BCUT2D eigenvalue weighted by atomic mass is 10.3. The predicted octanol–water partition coefficient (Wildman–Crippen LogP) is 2.06. The van der Waals surface area contributed by atoms with E-state index in [0.717, 1.165) is 10.6 Å². The smallest absolute Gasteiger partial charge is 0.327 e. The van der Waals surface area contributed by atoms with E-state index in [0.29, 0.717) is 10.7 Å². The van der Waals surface area contributed by atoms with Crippen molar-refractivity contribution in [2.45, 2.75) is 20.0 Å². The molecule has 1 aromatic rings. The van der Waals surface area contributed by atoms with Crippen LogP contribution in [0.4, 0.5) is 5.69 Å². The van der Waals surface area contributed by atoms with Gasteiger partial charge in [-0.05, 0) is 32.0 Å². The molecule has 0 aliphatic heterocycles. The lowest BCUT2D eigenvalue weighted by Gasteiger charge is -2.22. The molecule has 0 amide bonds. The number of carbonyl (C=O) groups excluding carboxylic acids is 1. The fraction of sp³-hybridized carbons (Fsp3) is 0.417. The molecule has 0 saturated carbocycles. The van der Waals surface area contributed by atoms with Crippen LogP contribution in [0.5, 0.6) is 0 Å². The van der Waals surface area contributed by atoms with Gasteiger partial charge in [0.2, 0.25) is 10.0 Å². The number of esters is 1. The lowest BCUT2D eigenvalue weighted by molar-refractivity contribution is -0.145. The van der Waals surface area contributed by atoms with Crippen molar-refractivity contribution in [2.75, 3.05) is 17.1 Å². The van der Waals surface area contributed by atoms with Crippen LogP contribution in [-0.2, 0) is 19.6 Å². The Kier molecular flexibility index (Phi) is 5.20. The Labute approximate surface area is 118 Å². The number of rotatable bonds is 5. The Balaban J connectivity index is 3.01. The van der Waals surface area contributed by atoms with Crippen LogP contribution in [0.15, 0.2) is 24.3 Å². The number of hydrogen-bond acceptors (Lipinski definition) is 4. The van der Waals surface area contributed by atoms with Crippen molar-refractivity contribution in [3.8, 4) is 0 Å². The second-order valence-corrected chi connectivity index (χ2v) is 6.63. The maximum Gasteiger partial charge on any atom is 0.327 e. The third-order valence-electron chi connectivity index (χ3n) is 2.14. The molecule has 1 rings (SSSR count). The average molecular weight is 306 g/mol. The van der Waals surface area contributed by atoms with Crippen LogP contribution in [0.2, 0.25) is 5.02 Å². The highest BCUT2D eigenvalue weighted by molar-refractivity contribution is 7.92. The monoisotopic (exact) mass is 305 g/mol. The van der Waals surface area contributed by atoms with Crippen LogP contribution in [-0.4, -0.2) is 33.3 Å². The van der Waals surface area contributed by atoms with Crippen LogP contribution in [0, 0.1) is 0 Å². The summed E-state index contributed by atoms with van der Waals surface area (Å²) in [7, 11) is -3.59. The van der Waals surface area contributed by atoms with Gasteiger partial charge < -0.3 is 4.74 Å². The molecule has 0 spiro atoms. The highest BCUT2D eigenvalue weighted by atomic mass is 35.5. The zero-order chi connectivity index (χ0) is 14.6. The van der Waals surface area contributed by atoms with E-state index in [4.69, 9.17) is 16.3 Å². The zero-order valence-electron chi connectivity index (χ0n) is 11.0. The second-order valence-electron chi connectivity index (χ2n) is 4.29. The molecule has 0 radical (unpaired) electrons. The number of sulfonamides is 1. The minimum absolute atomic E-state index is 0.298. The average Bonchev–Trinajstić information content (AvgIpc) is 2.23. The van der Waals surface area contributed by atoms with Crippen molar-refractivity contribution in [1.82, 2.24) is 0 Å². The molecule has 19 heavy (non-hydrogen) atoms. The van der Waals surface area contributed by atoms with E-state index >= 15 is 0 Å². The fourth-order valence-corrected chi connectivity index (χ4v) is 2.47. The first-order chi connectivity index (χ1) is 8.70. The summed E-state index contributed by atoms with van der Waals surface area (Å²) < 4.78 is 29.4. The van der Waals surface area contributed by atoms with Gasteiger partial charge >= 0.3 is 5.97 Å². The van der Waals surface area contributed by atoms with Crippen LogP contribution in [0.25, 0.3) is 0 Å². The Morgan fingerprint density at radius 1 is 1.42 bits per heavy atom. The molecule has 0 aliphatic rings.